The molecule has 1 aliphatic rings. The normalized spacial score (nSPS) is 16.5. The standard InChI is InChI=1S/C20H29N5.HI/c1-3-21-19(22-14-17(2)15-25-13-7-12-24-25)23-16-20(10-11-20)18-8-5-4-6-9-18;/h4-9,12-13,17H,3,10-11,14-16H2,1-2H3,(H2,21,22,23);1H. The van der Waals surface area contributed by atoms with Crippen molar-refractivity contribution in [2.75, 3.05) is 19.6 Å². The fourth-order valence-corrected chi connectivity index (χ4v) is 3.12. The summed E-state index contributed by atoms with van der Waals surface area (Å²) in [5, 5.41) is 11.1. The van der Waals surface area contributed by atoms with Crippen molar-refractivity contribution in [3.8, 4) is 0 Å². The lowest BCUT2D eigenvalue weighted by molar-refractivity contribution is 0.443. The number of nitrogens with zero attached hydrogens (tertiary/aromatic N) is 3. The number of benzene rings is 1. The van der Waals surface area contributed by atoms with Crippen LogP contribution in [0.25, 0.3) is 0 Å². The third kappa shape index (κ3) is 5.72. The average Bonchev–Trinajstić information content (AvgIpc) is 3.26. The molecule has 3 rings (SSSR count). The van der Waals surface area contributed by atoms with Gasteiger partial charge in [0.25, 0.3) is 0 Å². The molecule has 1 aromatic carbocycles. The number of aromatic nitrogens is 2. The number of nitrogens with one attached hydrogen (secondary N) is 2. The first-order valence-electron chi connectivity index (χ1n) is 9.27. The molecular weight excluding hydrogens is 437 g/mol. The fraction of sp³-hybridized carbons (Fsp3) is 0.500. The van der Waals surface area contributed by atoms with Crippen LogP contribution in [0.15, 0.2) is 53.8 Å². The Labute approximate surface area is 173 Å². The minimum absolute atomic E-state index is 0. The van der Waals surface area contributed by atoms with E-state index >= 15 is 0 Å². The molecule has 0 spiro atoms. The first kappa shape index (κ1) is 20.7. The van der Waals surface area contributed by atoms with E-state index in [1.165, 1.54) is 18.4 Å². The van der Waals surface area contributed by atoms with Crippen molar-refractivity contribution in [2.45, 2.75) is 38.6 Å². The molecule has 5 nitrogen and oxygen atoms in total. The summed E-state index contributed by atoms with van der Waals surface area (Å²) < 4.78 is 1.98. The molecule has 1 saturated carbocycles. The molecule has 0 saturated heterocycles. The predicted octanol–water partition coefficient (Wildman–Crippen LogP) is 3.42. The zero-order chi connectivity index (χ0) is 17.5. The maximum Gasteiger partial charge on any atom is 0.191 e. The molecule has 0 bridgehead atoms. The number of guanidine groups is 1. The minimum Gasteiger partial charge on any atom is -0.357 e. The smallest absolute Gasteiger partial charge is 0.191 e. The molecule has 1 unspecified atom stereocenters. The van der Waals surface area contributed by atoms with Crippen molar-refractivity contribution >= 4 is 29.9 Å². The summed E-state index contributed by atoms with van der Waals surface area (Å²) >= 11 is 0. The van der Waals surface area contributed by atoms with E-state index in [-0.39, 0.29) is 29.4 Å². The third-order valence-corrected chi connectivity index (χ3v) is 4.80. The molecule has 1 heterocycles. The Bertz CT molecular complexity index is 665. The SMILES string of the molecule is CCNC(=NCC1(c2ccccc2)CC1)NCC(C)Cn1cccn1.I. The lowest BCUT2D eigenvalue weighted by Crippen LogP contribution is -2.40. The van der Waals surface area contributed by atoms with Gasteiger partial charge in [-0.15, -0.1) is 24.0 Å². The van der Waals surface area contributed by atoms with Crippen molar-refractivity contribution in [3.63, 3.8) is 0 Å². The molecule has 0 radical (unpaired) electrons. The molecule has 26 heavy (non-hydrogen) atoms. The summed E-state index contributed by atoms with van der Waals surface area (Å²) in [5.41, 5.74) is 1.67. The highest BCUT2D eigenvalue weighted by molar-refractivity contribution is 14.0. The summed E-state index contributed by atoms with van der Waals surface area (Å²) in [7, 11) is 0. The maximum atomic E-state index is 4.87. The Morgan fingerprint density at radius 3 is 2.62 bits per heavy atom. The van der Waals surface area contributed by atoms with Gasteiger partial charge in [-0.2, -0.15) is 5.10 Å². The lowest BCUT2D eigenvalue weighted by Gasteiger charge is -2.18. The van der Waals surface area contributed by atoms with Gasteiger partial charge in [0.2, 0.25) is 0 Å². The van der Waals surface area contributed by atoms with Gasteiger partial charge in [-0.3, -0.25) is 9.67 Å². The second-order valence-electron chi connectivity index (χ2n) is 7.06. The van der Waals surface area contributed by atoms with Gasteiger partial charge in [0.15, 0.2) is 5.96 Å². The fourth-order valence-electron chi connectivity index (χ4n) is 3.12. The average molecular weight is 467 g/mol. The van der Waals surface area contributed by atoms with Crippen molar-refractivity contribution in [1.29, 1.82) is 0 Å². The quantitative estimate of drug-likeness (QED) is 0.356. The van der Waals surface area contributed by atoms with Crippen molar-refractivity contribution in [3.05, 3.63) is 54.4 Å². The molecule has 2 N–H and O–H groups in total. The molecule has 1 fully saturated rings. The zero-order valence-electron chi connectivity index (χ0n) is 15.7. The molecule has 1 atom stereocenters. The van der Waals surface area contributed by atoms with Crippen LogP contribution in [0.5, 0.6) is 0 Å². The first-order valence-corrected chi connectivity index (χ1v) is 9.27. The van der Waals surface area contributed by atoms with Crippen LogP contribution in [-0.4, -0.2) is 35.4 Å². The van der Waals surface area contributed by atoms with Gasteiger partial charge >= 0.3 is 0 Å². The molecule has 142 valence electrons. The molecule has 0 aliphatic heterocycles. The van der Waals surface area contributed by atoms with Gasteiger partial charge < -0.3 is 10.6 Å². The van der Waals surface area contributed by atoms with E-state index in [0.29, 0.717) is 5.92 Å². The molecule has 2 aromatic rings. The number of hydrogen-bond acceptors (Lipinski definition) is 2. The van der Waals surface area contributed by atoms with Crippen molar-refractivity contribution in [2.24, 2.45) is 10.9 Å². The highest BCUT2D eigenvalue weighted by Gasteiger charge is 2.43. The Morgan fingerprint density at radius 1 is 1.23 bits per heavy atom. The molecule has 6 heteroatoms. The molecule has 0 amide bonds. The van der Waals surface area contributed by atoms with Gasteiger partial charge in [-0.25, -0.2) is 0 Å². The van der Waals surface area contributed by atoms with Crippen molar-refractivity contribution < 1.29 is 0 Å². The number of aliphatic imine (C=N–C) groups is 1. The summed E-state index contributed by atoms with van der Waals surface area (Å²) in [6, 6.07) is 12.8. The predicted molar refractivity (Wildman–Crippen MR) is 118 cm³/mol. The van der Waals surface area contributed by atoms with Crippen LogP contribution in [0.3, 0.4) is 0 Å². The molecular formula is C20H30IN5. The second-order valence-corrected chi connectivity index (χ2v) is 7.06. The largest absolute Gasteiger partial charge is 0.357 e. The van der Waals surface area contributed by atoms with E-state index in [0.717, 1.165) is 32.1 Å². The van der Waals surface area contributed by atoms with E-state index < -0.39 is 0 Å². The number of hydrogen-bond donors (Lipinski definition) is 2. The van der Waals surface area contributed by atoms with Gasteiger partial charge in [-0.1, -0.05) is 37.3 Å². The molecule has 1 aliphatic carbocycles. The first-order chi connectivity index (χ1) is 12.2. The van der Waals surface area contributed by atoms with Crippen LogP contribution in [0.2, 0.25) is 0 Å². The van der Waals surface area contributed by atoms with E-state index in [2.05, 4.69) is 59.9 Å². The molecule has 1 aromatic heterocycles. The van der Waals surface area contributed by atoms with Gasteiger partial charge in [-0.05, 0) is 37.3 Å². The lowest BCUT2D eigenvalue weighted by atomic mass is 9.96. The van der Waals surface area contributed by atoms with Crippen molar-refractivity contribution in [1.82, 2.24) is 20.4 Å². The summed E-state index contributed by atoms with van der Waals surface area (Å²) in [4.78, 5) is 4.87. The van der Waals surface area contributed by atoms with E-state index in [9.17, 15) is 0 Å². The minimum atomic E-state index is 0. The summed E-state index contributed by atoms with van der Waals surface area (Å²) in [6.07, 6.45) is 6.29. The van der Waals surface area contributed by atoms with Gasteiger partial charge in [0.1, 0.15) is 0 Å². The maximum absolute atomic E-state index is 4.87. The van der Waals surface area contributed by atoms with E-state index in [1.807, 2.05) is 23.1 Å². The topological polar surface area (TPSA) is 54.2 Å². The number of halogens is 1. The Hall–Kier alpha value is -1.57. The Morgan fingerprint density at radius 2 is 2.00 bits per heavy atom. The Kier molecular flexibility index (Phi) is 7.93. The number of rotatable bonds is 8. The summed E-state index contributed by atoms with van der Waals surface area (Å²) in [5.74, 6) is 1.39. The summed E-state index contributed by atoms with van der Waals surface area (Å²) in [6.45, 7) is 7.84. The van der Waals surface area contributed by atoms with Crippen LogP contribution in [0, 0.1) is 5.92 Å². The van der Waals surface area contributed by atoms with Gasteiger partial charge in [0.05, 0.1) is 6.54 Å². The van der Waals surface area contributed by atoms with Crippen LogP contribution in [0.1, 0.15) is 32.3 Å². The third-order valence-electron chi connectivity index (χ3n) is 4.80. The van der Waals surface area contributed by atoms with Crippen LogP contribution in [-0.2, 0) is 12.0 Å². The monoisotopic (exact) mass is 467 g/mol. The van der Waals surface area contributed by atoms with Gasteiger partial charge in [0, 0.05) is 37.4 Å². The highest BCUT2D eigenvalue weighted by Crippen LogP contribution is 2.48. The highest BCUT2D eigenvalue weighted by atomic mass is 127. The van der Waals surface area contributed by atoms with E-state index in [1.54, 1.807) is 0 Å². The van der Waals surface area contributed by atoms with Crippen LogP contribution < -0.4 is 10.6 Å². The zero-order valence-corrected chi connectivity index (χ0v) is 18.0. The Balaban J connectivity index is 0.00000243. The van der Waals surface area contributed by atoms with Crippen LogP contribution in [0.4, 0.5) is 0 Å². The van der Waals surface area contributed by atoms with Crippen LogP contribution >= 0.6 is 24.0 Å². The van der Waals surface area contributed by atoms with E-state index in [4.69, 9.17) is 4.99 Å². The second kappa shape index (κ2) is 9.94.